The Hall–Kier alpha value is -0.610. The first-order valence-corrected chi connectivity index (χ1v) is 7.35. The molecule has 0 aliphatic rings. The Morgan fingerprint density at radius 2 is 2.06 bits per heavy atom. The first-order valence-electron chi connectivity index (χ1n) is 6.53. The van der Waals surface area contributed by atoms with Crippen LogP contribution >= 0.6 is 11.3 Å². The summed E-state index contributed by atoms with van der Waals surface area (Å²) in [6.45, 7) is 10.8. The smallest absolute Gasteiger partial charge is 0.186 e. The van der Waals surface area contributed by atoms with Gasteiger partial charge in [0.2, 0.25) is 0 Å². The molecule has 1 aromatic heterocycles. The SMILES string of the molecule is CCCc1nc(N(CC)C(C)C)sc1CNC. The molecule has 1 rings (SSSR count). The van der Waals surface area contributed by atoms with Crippen LogP contribution < -0.4 is 10.2 Å². The Morgan fingerprint density at radius 1 is 1.35 bits per heavy atom. The van der Waals surface area contributed by atoms with Gasteiger partial charge in [-0.25, -0.2) is 4.98 Å². The Bertz CT molecular complexity index is 310. The Kier molecular flexibility index (Phi) is 5.92. The van der Waals surface area contributed by atoms with Crippen molar-refractivity contribution in [3.63, 3.8) is 0 Å². The quantitative estimate of drug-likeness (QED) is 0.811. The zero-order chi connectivity index (χ0) is 12.8. The van der Waals surface area contributed by atoms with Crippen LogP contribution in [0.2, 0.25) is 0 Å². The molecule has 0 amide bonds. The standard InChI is InChI=1S/C13H25N3S/c1-6-8-11-12(9-14-5)17-13(15-11)16(7-2)10(3)4/h10,14H,6-9H2,1-5H3. The minimum Gasteiger partial charge on any atom is -0.346 e. The second-order valence-corrected chi connectivity index (χ2v) is 5.59. The Morgan fingerprint density at radius 3 is 2.53 bits per heavy atom. The van der Waals surface area contributed by atoms with Gasteiger partial charge in [0.25, 0.3) is 0 Å². The molecule has 1 heterocycles. The van der Waals surface area contributed by atoms with Crippen molar-refractivity contribution in [2.24, 2.45) is 0 Å². The molecule has 0 radical (unpaired) electrons. The molecule has 0 aromatic carbocycles. The molecule has 0 saturated carbocycles. The van der Waals surface area contributed by atoms with Crippen molar-refractivity contribution in [1.82, 2.24) is 10.3 Å². The molecule has 0 fully saturated rings. The van der Waals surface area contributed by atoms with E-state index in [1.54, 1.807) is 0 Å². The number of aryl methyl sites for hydroxylation is 1. The largest absolute Gasteiger partial charge is 0.346 e. The lowest BCUT2D eigenvalue weighted by molar-refractivity contribution is 0.698. The number of aromatic nitrogens is 1. The van der Waals surface area contributed by atoms with Gasteiger partial charge in [0.15, 0.2) is 5.13 Å². The van der Waals surface area contributed by atoms with E-state index in [0.717, 1.165) is 25.9 Å². The molecule has 0 aliphatic carbocycles. The van der Waals surface area contributed by atoms with Gasteiger partial charge in [-0.1, -0.05) is 13.3 Å². The van der Waals surface area contributed by atoms with Crippen LogP contribution in [0.5, 0.6) is 0 Å². The topological polar surface area (TPSA) is 28.2 Å². The van der Waals surface area contributed by atoms with Crippen LogP contribution in [0.25, 0.3) is 0 Å². The first kappa shape index (κ1) is 14.5. The van der Waals surface area contributed by atoms with Gasteiger partial charge in [-0.05, 0) is 34.2 Å². The lowest BCUT2D eigenvalue weighted by Gasteiger charge is -2.24. The number of nitrogens with one attached hydrogen (secondary N) is 1. The summed E-state index contributed by atoms with van der Waals surface area (Å²) in [7, 11) is 2.00. The molecule has 0 aliphatic heterocycles. The lowest BCUT2D eigenvalue weighted by atomic mass is 10.2. The Labute approximate surface area is 109 Å². The first-order chi connectivity index (χ1) is 8.13. The highest BCUT2D eigenvalue weighted by atomic mass is 32.1. The summed E-state index contributed by atoms with van der Waals surface area (Å²) in [5.41, 5.74) is 1.28. The number of anilines is 1. The fraction of sp³-hybridized carbons (Fsp3) is 0.769. The maximum Gasteiger partial charge on any atom is 0.186 e. The summed E-state index contributed by atoms with van der Waals surface area (Å²) in [6, 6.07) is 0.517. The van der Waals surface area contributed by atoms with Crippen molar-refractivity contribution in [3.8, 4) is 0 Å². The van der Waals surface area contributed by atoms with Gasteiger partial charge in [0, 0.05) is 24.0 Å². The van der Waals surface area contributed by atoms with Crippen molar-refractivity contribution in [1.29, 1.82) is 0 Å². The zero-order valence-electron chi connectivity index (χ0n) is 11.7. The molecular formula is C13H25N3S. The van der Waals surface area contributed by atoms with E-state index in [-0.39, 0.29) is 0 Å². The summed E-state index contributed by atoms with van der Waals surface area (Å²) in [4.78, 5) is 8.57. The highest BCUT2D eigenvalue weighted by molar-refractivity contribution is 7.15. The summed E-state index contributed by atoms with van der Waals surface area (Å²) in [5.74, 6) is 0. The summed E-state index contributed by atoms with van der Waals surface area (Å²) in [6.07, 6.45) is 2.25. The molecule has 17 heavy (non-hydrogen) atoms. The van der Waals surface area contributed by atoms with Crippen molar-refractivity contribution < 1.29 is 0 Å². The second-order valence-electron chi connectivity index (χ2n) is 4.53. The fourth-order valence-corrected chi connectivity index (χ4v) is 3.26. The van der Waals surface area contributed by atoms with Crippen LogP contribution in [0, 0.1) is 0 Å². The molecule has 98 valence electrons. The van der Waals surface area contributed by atoms with Crippen molar-refractivity contribution >= 4 is 16.5 Å². The summed E-state index contributed by atoms with van der Waals surface area (Å²) in [5, 5.41) is 4.41. The van der Waals surface area contributed by atoms with E-state index in [4.69, 9.17) is 4.98 Å². The maximum absolute atomic E-state index is 4.82. The highest BCUT2D eigenvalue weighted by Crippen LogP contribution is 2.28. The van der Waals surface area contributed by atoms with Gasteiger partial charge in [-0.15, -0.1) is 11.3 Å². The molecular weight excluding hydrogens is 230 g/mol. The van der Waals surface area contributed by atoms with E-state index in [1.807, 2.05) is 18.4 Å². The number of thiazole rings is 1. The normalized spacial score (nSPS) is 11.2. The van der Waals surface area contributed by atoms with Crippen LogP contribution in [0.4, 0.5) is 5.13 Å². The monoisotopic (exact) mass is 255 g/mol. The van der Waals surface area contributed by atoms with Gasteiger partial charge in [0.1, 0.15) is 0 Å². The van der Waals surface area contributed by atoms with Gasteiger partial charge in [-0.2, -0.15) is 0 Å². The predicted octanol–water partition coefficient (Wildman–Crippen LogP) is 3.05. The molecule has 3 nitrogen and oxygen atoms in total. The number of hydrogen-bond donors (Lipinski definition) is 1. The minimum atomic E-state index is 0.517. The van der Waals surface area contributed by atoms with Gasteiger partial charge in [-0.3, -0.25) is 0 Å². The molecule has 4 heteroatoms. The lowest BCUT2D eigenvalue weighted by Crippen LogP contribution is -2.30. The van der Waals surface area contributed by atoms with Crippen LogP contribution in [0.1, 0.15) is 44.7 Å². The number of rotatable bonds is 7. The molecule has 0 spiro atoms. The third-order valence-electron chi connectivity index (χ3n) is 2.80. The summed E-state index contributed by atoms with van der Waals surface area (Å²) < 4.78 is 0. The zero-order valence-corrected chi connectivity index (χ0v) is 12.5. The van der Waals surface area contributed by atoms with Crippen LogP contribution in [0.15, 0.2) is 0 Å². The highest BCUT2D eigenvalue weighted by Gasteiger charge is 2.16. The predicted molar refractivity (Wildman–Crippen MR) is 77.0 cm³/mol. The fourth-order valence-electron chi connectivity index (χ4n) is 1.94. The molecule has 0 unspecified atom stereocenters. The molecule has 0 atom stereocenters. The summed E-state index contributed by atoms with van der Waals surface area (Å²) >= 11 is 1.84. The average Bonchev–Trinajstić information content (AvgIpc) is 2.63. The van der Waals surface area contributed by atoms with E-state index in [0.29, 0.717) is 6.04 Å². The van der Waals surface area contributed by atoms with E-state index in [1.165, 1.54) is 15.7 Å². The molecule has 0 bridgehead atoms. The molecule has 1 aromatic rings. The third kappa shape index (κ3) is 3.68. The van der Waals surface area contributed by atoms with Crippen LogP contribution in [-0.2, 0) is 13.0 Å². The van der Waals surface area contributed by atoms with Crippen LogP contribution in [0.3, 0.4) is 0 Å². The molecule has 0 saturated heterocycles. The van der Waals surface area contributed by atoms with Gasteiger partial charge >= 0.3 is 0 Å². The van der Waals surface area contributed by atoms with E-state index < -0.39 is 0 Å². The van der Waals surface area contributed by atoms with Gasteiger partial charge < -0.3 is 10.2 Å². The van der Waals surface area contributed by atoms with E-state index in [2.05, 4.69) is 37.9 Å². The number of hydrogen-bond acceptors (Lipinski definition) is 4. The van der Waals surface area contributed by atoms with E-state index >= 15 is 0 Å². The maximum atomic E-state index is 4.82. The van der Waals surface area contributed by atoms with Gasteiger partial charge in [0.05, 0.1) is 5.69 Å². The Balaban J connectivity index is 2.96. The van der Waals surface area contributed by atoms with Crippen molar-refractivity contribution in [2.45, 2.75) is 53.1 Å². The van der Waals surface area contributed by atoms with E-state index in [9.17, 15) is 0 Å². The van der Waals surface area contributed by atoms with Crippen molar-refractivity contribution in [2.75, 3.05) is 18.5 Å². The molecule has 1 N–H and O–H groups in total. The average molecular weight is 255 g/mol. The minimum absolute atomic E-state index is 0.517. The second kappa shape index (κ2) is 6.97. The number of nitrogens with zero attached hydrogens (tertiary/aromatic N) is 2. The van der Waals surface area contributed by atoms with Crippen LogP contribution in [-0.4, -0.2) is 24.6 Å². The third-order valence-corrected chi connectivity index (χ3v) is 3.94. The van der Waals surface area contributed by atoms with Crippen molar-refractivity contribution in [3.05, 3.63) is 10.6 Å².